The van der Waals surface area contributed by atoms with Gasteiger partial charge in [0.05, 0.1) is 11.1 Å². The Balaban J connectivity index is 2.69. The van der Waals surface area contributed by atoms with Crippen LogP contribution in [0.4, 0.5) is 4.39 Å². The van der Waals surface area contributed by atoms with Crippen LogP contribution >= 0.6 is 11.6 Å². The van der Waals surface area contributed by atoms with E-state index in [1.807, 2.05) is 0 Å². The molecule has 16 heavy (non-hydrogen) atoms. The summed E-state index contributed by atoms with van der Waals surface area (Å²) in [6.45, 7) is 3.51. The summed E-state index contributed by atoms with van der Waals surface area (Å²) in [5.41, 5.74) is 6.18. The number of nitrogens with two attached hydrogens (primary N) is 1. The Morgan fingerprint density at radius 2 is 2.31 bits per heavy atom. The molecule has 0 saturated heterocycles. The van der Waals surface area contributed by atoms with Crippen molar-refractivity contribution < 1.29 is 9.18 Å². The quantitative estimate of drug-likeness (QED) is 0.805. The van der Waals surface area contributed by atoms with Crippen LogP contribution in [0.3, 0.4) is 0 Å². The molecule has 2 nitrogen and oxygen atoms in total. The number of carbonyl (C=O) groups is 1. The predicted molar refractivity (Wildman–Crippen MR) is 62.9 cm³/mol. The summed E-state index contributed by atoms with van der Waals surface area (Å²) in [4.78, 5) is 11.6. The zero-order valence-electron chi connectivity index (χ0n) is 8.75. The molecular weight excluding hydrogens is 229 g/mol. The maximum Gasteiger partial charge on any atom is 0.154 e. The summed E-state index contributed by atoms with van der Waals surface area (Å²) >= 11 is 5.53. The van der Waals surface area contributed by atoms with Gasteiger partial charge in [0.2, 0.25) is 0 Å². The molecule has 1 rings (SSSR count). The van der Waals surface area contributed by atoms with Crippen LogP contribution in [-0.2, 0) is 11.2 Å². The number of halogens is 2. The number of carbonyl (C=O) groups excluding carboxylic acids is 1. The minimum atomic E-state index is -0.573. The standard InChI is InChI=1S/C12H13ClFNO/c1-2-3-11(15)12(16)7-8-4-5-9(13)10(14)6-8/h2,4-6,11H,1,3,7,15H2. The molecule has 0 spiro atoms. The van der Waals surface area contributed by atoms with E-state index in [2.05, 4.69) is 6.58 Å². The van der Waals surface area contributed by atoms with E-state index in [4.69, 9.17) is 17.3 Å². The van der Waals surface area contributed by atoms with Crippen molar-refractivity contribution in [1.29, 1.82) is 0 Å². The third-order valence-electron chi connectivity index (χ3n) is 2.20. The van der Waals surface area contributed by atoms with Gasteiger partial charge in [0.15, 0.2) is 5.78 Å². The van der Waals surface area contributed by atoms with Gasteiger partial charge in [-0.15, -0.1) is 6.58 Å². The Morgan fingerprint density at radius 1 is 1.62 bits per heavy atom. The average molecular weight is 242 g/mol. The molecule has 1 atom stereocenters. The molecular formula is C12H13ClFNO. The van der Waals surface area contributed by atoms with E-state index in [-0.39, 0.29) is 17.2 Å². The lowest BCUT2D eigenvalue weighted by Gasteiger charge is -2.08. The van der Waals surface area contributed by atoms with Crippen LogP contribution in [0.1, 0.15) is 12.0 Å². The number of Topliss-reactive ketones (excluding diaryl/α,β-unsaturated/α-hetero) is 1. The molecule has 86 valence electrons. The molecule has 0 aliphatic carbocycles. The Labute approximate surface area is 98.9 Å². The molecule has 4 heteroatoms. The second kappa shape index (κ2) is 5.77. The molecule has 0 radical (unpaired) electrons. The van der Waals surface area contributed by atoms with Crippen molar-refractivity contribution in [3.63, 3.8) is 0 Å². The van der Waals surface area contributed by atoms with Crippen molar-refractivity contribution in [2.24, 2.45) is 5.73 Å². The molecule has 1 unspecified atom stereocenters. The van der Waals surface area contributed by atoms with Gasteiger partial charge in [-0.05, 0) is 24.1 Å². The molecule has 0 heterocycles. The summed E-state index contributed by atoms with van der Waals surface area (Å²) in [6, 6.07) is 3.72. The third kappa shape index (κ3) is 3.43. The van der Waals surface area contributed by atoms with Crippen LogP contribution in [0.2, 0.25) is 5.02 Å². The highest BCUT2D eigenvalue weighted by Crippen LogP contribution is 2.16. The fourth-order valence-electron chi connectivity index (χ4n) is 1.29. The number of hydrogen-bond acceptors (Lipinski definition) is 2. The summed E-state index contributed by atoms with van der Waals surface area (Å²) in [5, 5.41) is 0.0478. The third-order valence-corrected chi connectivity index (χ3v) is 2.50. The van der Waals surface area contributed by atoms with Crippen LogP contribution in [0.15, 0.2) is 30.9 Å². The molecule has 0 aliphatic heterocycles. The second-order valence-corrected chi connectivity index (χ2v) is 3.93. The van der Waals surface area contributed by atoms with E-state index in [0.717, 1.165) is 0 Å². The predicted octanol–water partition coefficient (Wildman–Crippen LogP) is 2.49. The van der Waals surface area contributed by atoms with Gasteiger partial charge in [-0.3, -0.25) is 4.79 Å². The number of rotatable bonds is 5. The smallest absolute Gasteiger partial charge is 0.154 e. The van der Waals surface area contributed by atoms with Gasteiger partial charge < -0.3 is 5.73 Å². The van der Waals surface area contributed by atoms with E-state index in [0.29, 0.717) is 12.0 Å². The minimum Gasteiger partial charge on any atom is -0.321 e. The molecule has 0 saturated carbocycles. The zero-order valence-corrected chi connectivity index (χ0v) is 9.51. The minimum absolute atomic E-state index is 0.0478. The fourth-order valence-corrected chi connectivity index (χ4v) is 1.41. The highest BCUT2D eigenvalue weighted by Gasteiger charge is 2.13. The van der Waals surface area contributed by atoms with Gasteiger partial charge in [0, 0.05) is 6.42 Å². The topological polar surface area (TPSA) is 43.1 Å². The average Bonchev–Trinajstić information content (AvgIpc) is 2.24. The first kappa shape index (κ1) is 12.9. The lowest BCUT2D eigenvalue weighted by molar-refractivity contribution is -0.119. The van der Waals surface area contributed by atoms with Gasteiger partial charge in [-0.1, -0.05) is 23.7 Å². The highest BCUT2D eigenvalue weighted by atomic mass is 35.5. The van der Waals surface area contributed by atoms with E-state index < -0.39 is 11.9 Å². The maximum absolute atomic E-state index is 13.1. The van der Waals surface area contributed by atoms with Gasteiger partial charge >= 0.3 is 0 Å². The first-order valence-electron chi connectivity index (χ1n) is 4.87. The largest absolute Gasteiger partial charge is 0.321 e. The SMILES string of the molecule is C=CCC(N)C(=O)Cc1ccc(Cl)c(F)c1. The monoisotopic (exact) mass is 241 g/mol. The summed E-state index contributed by atoms with van der Waals surface area (Å²) in [6.07, 6.45) is 2.13. The van der Waals surface area contributed by atoms with E-state index in [1.165, 1.54) is 12.1 Å². The molecule has 1 aromatic carbocycles. The summed E-state index contributed by atoms with van der Waals surface area (Å²) in [5.74, 6) is -0.661. The van der Waals surface area contributed by atoms with Gasteiger partial charge in [-0.2, -0.15) is 0 Å². The zero-order chi connectivity index (χ0) is 12.1. The van der Waals surface area contributed by atoms with E-state index in [1.54, 1.807) is 12.1 Å². The van der Waals surface area contributed by atoms with Crippen molar-refractivity contribution >= 4 is 17.4 Å². The highest BCUT2D eigenvalue weighted by molar-refractivity contribution is 6.30. The molecule has 1 aromatic rings. The second-order valence-electron chi connectivity index (χ2n) is 3.52. The normalized spacial score (nSPS) is 12.2. The van der Waals surface area contributed by atoms with E-state index >= 15 is 0 Å². The van der Waals surface area contributed by atoms with Crippen molar-refractivity contribution in [3.8, 4) is 0 Å². The van der Waals surface area contributed by atoms with Crippen LogP contribution in [0, 0.1) is 5.82 Å². The Hall–Kier alpha value is -1.19. The molecule has 2 N–H and O–H groups in total. The molecule has 0 fully saturated rings. The lowest BCUT2D eigenvalue weighted by atomic mass is 10.0. The lowest BCUT2D eigenvalue weighted by Crippen LogP contribution is -2.31. The summed E-state index contributed by atoms with van der Waals surface area (Å²) < 4.78 is 13.1. The first-order chi connectivity index (χ1) is 7.54. The van der Waals surface area contributed by atoms with Crippen LogP contribution in [0.5, 0.6) is 0 Å². The van der Waals surface area contributed by atoms with Gasteiger partial charge in [0.1, 0.15) is 5.82 Å². The first-order valence-corrected chi connectivity index (χ1v) is 5.25. The van der Waals surface area contributed by atoms with Crippen LogP contribution < -0.4 is 5.73 Å². The van der Waals surface area contributed by atoms with Gasteiger partial charge in [0.25, 0.3) is 0 Å². The molecule has 0 aliphatic rings. The molecule has 0 bridgehead atoms. The number of ketones is 1. The van der Waals surface area contributed by atoms with Crippen molar-refractivity contribution in [2.75, 3.05) is 0 Å². The van der Waals surface area contributed by atoms with Crippen molar-refractivity contribution in [2.45, 2.75) is 18.9 Å². The Morgan fingerprint density at radius 3 is 2.88 bits per heavy atom. The van der Waals surface area contributed by atoms with Crippen molar-refractivity contribution in [1.82, 2.24) is 0 Å². The maximum atomic E-state index is 13.1. The number of hydrogen-bond donors (Lipinski definition) is 1. The fraction of sp³-hybridized carbons (Fsp3) is 0.250. The molecule has 0 aromatic heterocycles. The Bertz CT molecular complexity index is 406. The summed E-state index contributed by atoms with van der Waals surface area (Å²) in [7, 11) is 0. The Kier molecular flexibility index (Phi) is 4.65. The van der Waals surface area contributed by atoms with Gasteiger partial charge in [-0.25, -0.2) is 4.39 Å². The number of benzene rings is 1. The van der Waals surface area contributed by atoms with Crippen LogP contribution in [-0.4, -0.2) is 11.8 Å². The molecule has 0 amide bonds. The van der Waals surface area contributed by atoms with E-state index in [9.17, 15) is 9.18 Å². The van der Waals surface area contributed by atoms with Crippen LogP contribution in [0.25, 0.3) is 0 Å². The van der Waals surface area contributed by atoms with Crippen molar-refractivity contribution in [3.05, 3.63) is 47.3 Å².